The van der Waals surface area contributed by atoms with E-state index in [0.717, 1.165) is 24.3 Å². The van der Waals surface area contributed by atoms with Crippen molar-refractivity contribution < 1.29 is 35.9 Å². The molecule has 11 heteroatoms. The largest absolute Gasteiger partial charge is 0.573 e. The van der Waals surface area contributed by atoms with Crippen LogP contribution in [0.3, 0.4) is 0 Å². The third-order valence-electron chi connectivity index (χ3n) is 4.04. The molecule has 0 aliphatic carbocycles. The Kier molecular flexibility index (Phi) is 7.79. The highest BCUT2D eigenvalue weighted by atomic mass is 32.2. The molecule has 32 heavy (non-hydrogen) atoms. The number of alkyl halides is 3. The first kappa shape index (κ1) is 25.5. The monoisotopic (exact) mass is 474 g/mol. The Morgan fingerprint density at radius 3 is 2.03 bits per heavy atom. The molecule has 0 spiro atoms. The number of alkyl carbamates (subject to hydrolysis) is 1. The summed E-state index contributed by atoms with van der Waals surface area (Å²) in [6.07, 6.45) is -5.62. The van der Waals surface area contributed by atoms with Gasteiger partial charge in [0.25, 0.3) is 0 Å². The SMILES string of the molecule is C[C@@H](NS(=O)(=O)c1ccc(OC(F)(F)F)cc1)[C@H](NC(=O)OC(C)(C)C)c1ccccc1. The summed E-state index contributed by atoms with van der Waals surface area (Å²) in [6.45, 7) is 6.64. The number of benzene rings is 2. The molecule has 0 fully saturated rings. The summed E-state index contributed by atoms with van der Waals surface area (Å²) in [4.78, 5) is 12.1. The predicted molar refractivity (Wildman–Crippen MR) is 111 cm³/mol. The van der Waals surface area contributed by atoms with Crippen LogP contribution in [0.25, 0.3) is 0 Å². The van der Waals surface area contributed by atoms with Crippen molar-refractivity contribution in [1.82, 2.24) is 10.0 Å². The van der Waals surface area contributed by atoms with Crippen LogP contribution in [0.1, 0.15) is 39.3 Å². The molecule has 2 atom stereocenters. The summed E-state index contributed by atoms with van der Waals surface area (Å²) in [6, 6.07) is 10.9. The van der Waals surface area contributed by atoms with Gasteiger partial charge in [-0.05, 0) is 57.5 Å². The van der Waals surface area contributed by atoms with Crippen molar-refractivity contribution in [1.29, 1.82) is 0 Å². The molecular weight excluding hydrogens is 449 g/mol. The number of carbonyl (C=O) groups is 1. The van der Waals surface area contributed by atoms with Crippen LogP contribution in [0.5, 0.6) is 5.75 Å². The highest BCUT2D eigenvalue weighted by Gasteiger charge is 2.32. The molecule has 0 aliphatic heterocycles. The van der Waals surface area contributed by atoms with Crippen LogP contribution in [0, 0.1) is 0 Å². The van der Waals surface area contributed by atoms with Gasteiger partial charge in [0.1, 0.15) is 11.4 Å². The lowest BCUT2D eigenvalue weighted by Crippen LogP contribution is -2.45. The second kappa shape index (κ2) is 9.78. The maximum absolute atomic E-state index is 12.8. The summed E-state index contributed by atoms with van der Waals surface area (Å²) in [5.74, 6) is -0.543. The van der Waals surface area contributed by atoms with Gasteiger partial charge in [-0.1, -0.05) is 30.3 Å². The summed E-state index contributed by atoms with van der Waals surface area (Å²) in [5.41, 5.74) is -0.128. The number of halogens is 3. The van der Waals surface area contributed by atoms with Crippen molar-refractivity contribution in [3.63, 3.8) is 0 Å². The maximum atomic E-state index is 12.8. The molecule has 0 aliphatic rings. The van der Waals surface area contributed by atoms with E-state index in [0.29, 0.717) is 5.56 Å². The van der Waals surface area contributed by atoms with E-state index in [1.54, 1.807) is 58.0 Å². The van der Waals surface area contributed by atoms with E-state index < -0.39 is 45.9 Å². The molecule has 1 amide bonds. The molecule has 2 aromatic rings. The Hall–Kier alpha value is -2.79. The third kappa shape index (κ3) is 8.04. The Morgan fingerprint density at radius 2 is 1.53 bits per heavy atom. The molecular formula is C21H25F3N2O5S. The lowest BCUT2D eigenvalue weighted by molar-refractivity contribution is -0.274. The van der Waals surface area contributed by atoms with Crippen LogP contribution in [-0.4, -0.2) is 32.5 Å². The van der Waals surface area contributed by atoms with Crippen LogP contribution in [0.2, 0.25) is 0 Å². The van der Waals surface area contributed by atoms with Gasteiger partial charge in [-0.25, -0.2) is 17.9 Å². The number of rotatable bonds is 7. The van der Waals surface area contributed by atoms with Crippen molar-refractivity contribution in [2.75, 3.05) is 0 Å². The fraction of sp³-hybridized carbons (Fsp3) is 0.381. The lowest BCUT2D eigenvalue weighted by Gasteiger charge is -2.28. The second-order valence-corrected chi connectivity index (χ2v) is 9.68. The van der Waals surface area contributed by atoms with E-state index in [9.17, 15) is 26.4 Å². The summed E-state index contributed by atoms with van der Waals surface area (Å²) < 4.78 is 73.9. The average molecular weight is 475 g/mol. The van der Waals surface area contributed by atoms with Gasteiger partial charge in [0.2, 0.25) is 10.0 Å². The van der Waals surface area contributed by atoms with Crippen molar-refractivity contribution in [3.05, 3.63) is 60.2 Å². The van der Waals surface area contributed by atoms with Crippen LogP contribution in [-0.2, 0) is 14.8 Å². The zero-order valence-electron chi connectivity index (χ0n) is 17.9. The topological polar surface area (TPSA) is 93.7 Å². The number of nitrogens with one attached hydrogen (secondary N) is 2. The quantitative estimate of drug-likeness (QED) is 0.616. The number of hydrogen-bond donors (Lipinski definition) is 2. The number of ether oxygens (including phenoxy) is 2. The van der Waals surface area contributed by atoms with Crippen LogP contribution in [0.15, 0.2) is 59.5 Å². The van der Waals surface area contributed by atoms with Gasteiger partial charge in [0.05, 0.1) is 10.9 Å². The van der Waals surface area contributed by atoms with Crippen molar-refractivity contribution in [2.24, 2.45) is 0 Å². The fourth-order valence-electron chi connectivity index (χ4n) is 2.79. The second-order valence-electron chi connectivity index (χ2n) is 7.96. The smallest absolute Gasteiger partial charge is 0.444 e. The minimum atomic E-state index is -4.89. The Morgan fingerprint density at radius 1 is 0.969 bits per heavy atom. The molecule has 0 saturated heterocycles. The predicted octanol–water partition coefficient (Wildman–Crippen LogP) is 4.52. The number of carbonyl (C=O) groups excluding carboxylic acids is 1. The molecule has 0 saturated carbocycles. The van der Waals surface area contributed by atoms with Gasteiger partial charge in [0, 0.05) is 6.04 Å². The fourth-order valence-corrected chi connectivity index (χ4v) is 4.05. The van der Waals surface area contributed by atoms with E-state index in [1.165, 1.54) is 0 Å². The number of sulfonamides is 1. The first-order valence-corrected chi connectivity index (χ1v) is 11.1. The third-order valence-corrected chi connectivity index (χ3v) is 5.61. The number of hydrogen-bond acceptors (Lipinski definition) is 5. The Balaban J connectivity index is 2.22. The highest BCUT2D eigenvalue weighted by Crippen LogP contribution is 2.25. The van der Waals surface area contributed by atoms with Crippen LogP contribution < -0.4 is 14.8 Å². The molecule has 0 aromatic heterocycles. The molecule has 0 radical (unpaired) electrons. The van der Waals surface area contributed by atoms with E-state index in [1.807, 2.05) is 0 Å². The van der Waals surface area contributed by atoms with E-state index in [2.05, 4.69) is 14.8 Å². The maximum Gasteiger partial charge on any atom is 0.573 e. The standard InChI is InChI=1S/C21H25F3N2O5S/c1-14(18(15-8-6-5-7-9-15)25-19(27)31-20(2,3)4)26-32(28,29)17-12-10-16(11-13-17)30-21(22,23)24/h5-14,18,26H,1-4H3,(H,25,27)/t14-,18+/m1/s1. The summed E-state index contributed by atoms with van der Waals surface area (Å²) >= 11 is 0. The van der Waals surface area contributed by atoms with Gasteiger partial charge in [0.15, 0.2) is 0 Å². The molecule has 176 valence electrons. The summed E-state index contributed by atoms with van der Waals surface area (Å²) in [5, 5.41) is 2.67. The van der Waals surface area contributed by atoms with Crippen LogP contribution in [0.4, 0.5) is 18.0 Å². The summed E-state index contributed by atoms with van der Waals surface area (Å²) in [7, 11) is -4.12. The van der Waals surface area contributed by atoms with Gasteiger partial charge in [-0.15, -0.1) is 13.2 Å². The van der Waals surface area contributed by atoms with Gasteiger partial charge in [-0.3, -0.25) is 0 Å². The normalized spacial score (nSPS) is 14.3. The van der Waals surface area contributed by atoms with Gasteiger partial charge < -0.3 is 14.8 Å². The zero-order chi connectivity index (χ0) is 24.2. The molecule has 2 aromatic carbocycles. The van der Waals surface area contributed by atoms with E-state index in [-0.39, 0.29) is 4.90 Å². The minimum absolute atomic E-state index is 0.261. The van der Waals surface area contributed by atoms with E-state index >= 15 is 0 Å². The highest BCUT2D eigenvalue weighted by molar-refractivity contribution is 7.89. The van der Waals surface area contributed by atoms with Crippen LogP contribution >= 0.6 is 0 Å². The minimum Gasteiger partial charge on any atom is -0.444 e. The average Bonchev–Trinajstić information content (AvgIpc) is 2.64. The van der Waals surface area contributed by atoms with Crippen molar-refractivity contribution >= 4 is 16.1 Å². The molecule has 0 bridgehead atoms. The van der Waals surface area contributed by atoms with Gasteiger partial charge >= 0.3 is 12.5 Å². The molecule has 0 heterocycles. The first-order valence-electron chi connectivity index (χ1n) is 9.59. The molecule has 2 rings (SSSR count). The van der Waals surface area contributed by atoms with Gasteiger partial charge in [-0.2, -0.15) is 0 Å². The first-order chi connectivity index (χ1) is 14.7. The van der Waals surface area contributed by atoms with Crippen molar-refractivity contribution in [3.8, 4) is 5.75 Å². The zero-order valence-corrected chi connectivity index (χ0v) is 18.8. The molecule has 2 N–H and O–H groups in total. The van der Waals surface area contributed by atoms with Crippen molar-refractivity contribution in [2.45, 2.75) is 56.6 Å². The lowest BCUT2D eigenvalue weighted by atomic mass is 10.0. The number of amides is 1. The Bertz CT molecular complexity index is 1000. The Labute approximate surface area is 185 Å². The molecule has 0 unspecified atom stereocenters. The van der Waals surface area contributed by atoms with E-state index in [4.69, 9.17) is 4.74 Å². The molecule has 7 nitrogen and oxygen atoms in total.